The molecular weight excluding hydrogens is 365 g/mol. The molecule has 2 heterocycles. The third-order valence-corrected chi connectivity index (χ3v) is 5.24. The molecule has 1 aliphatic heterocycles. The minimum atomic E-state index is -0.0416. The fourth-order valence-electron chi connectivity index (χ4n) is 2.76. The van der Waals surface area contributed by atoms with Crippen molar-refractivity contribution in [3.63, 3.8) is 0 Å². The van der Waals surface area contributed by atoms with Crippen molar-refractivity contribution in [1.82, 2.24) is 9.80 Å². The summed E-state index contributed by atoms with van der Waals surface area (Å²) < 4.78 is 0. The molecule has 1 fully saturated rings. The molecule has 1 aliphatic rings. The van der Waals surface area contributed by atoms with E-state index < -0.39 is 0 Å². The number of hydrogen-bond acceptors (Lipinski definition) is 4. The van der Waals surface area contributed by atoms with Crippen molar-refractivity contribution in [1.29, 1.82) is 0 Å². The molecule has 0 unspecified atom stereocenters. The molecule has 0 saturated carbocycles. The van der Waals surface area contributed by atoms with Gasteiger partial charge in [-0.25, -0.2) is 0 Å². The van der Waals surface area contributed by atoms with Gasteiger partial charge in [-0.3, -0.25) is 14.6 Å². The van der Waals surface area contributed by atoms with Gasteiger partial charge in [0.15, 0.2) is 0 Å². The highest BCUT2D eigenvalue weighted by Gasteiger charge is 2.19. The Hall–Kier alpha value is -1.11. The van der Waals surface area contributed by atoms with Gasteiger partial charge in [0, 0.05) is 53.3 Å². The summed E-state index contributed by atoms with van der Waals surface area (Å²) in [6.07, 6.45) is 0. The van der Waals surface area contributed by atoms with Crippen LogP contribution >= 0.6 is 34.5 Å². The summed E-state index contributed by atoms with van der Waals surface area (Å²) >= 11 is 13.7. The summed E-state index contributed by atoms with van der Waals surface area (Å²) in [7, 11) is 0. The van der Waals surface area contributed by atoms with Crippen molar-refractivity contribution in [3.05, 3.63) is 50.6 Å². The van der Waals surface area contributed by atoms with E-state index in [4.69, 9.17) is 23.2 Å². The minimum Gasteiger partial charge on any atom is -0.325 e. The van der Waals surface area contributed by atoms with Gasteiger partial charge in [0.25, 0.3) is 0 Å². The molecule has 24 heavy (non-hydrogen) atoms. The highest BCUT2D eigenvalue weighted by Crippen LogP contribution is 2.22. The number of amides is 1. The Kier molecular flexibility index (Phi) is 6.14. The Bertz CT molecular complexity index is 665. The molecule has 1 aromatic carbocycles. The summed E-state index contributed by atoms with van der Waals surface area (Å²) in [6.45, 7) is 5.14. The molecule has 4 nitrogen and oxygen atoms in total. The van der Waals surface area contributed by atoms with E-state index in [9.17, 15) is 4.79 Å². The van der Waals surface area contributed by atoms with E-state index in [0.717, 1.165) is 32.7 Å². The average molecular weight is 384 g/mol. The topological polar surface area (TPSA) is 35.6 Å². The van der Waals surface area contributed by atoms with Crippen LogP contribution < -0.4 is 5.32 Å². The lowest BCUT2D eigenvalue weighted by atomic mass is 10.3. The third kappa shape index (κ3) is 5.19. The lowest BCUT2D eigenvalue weighted by Crippen LogP contribution is -2.48. The van der Waals surface area contributed by atoms with Gasteiger partial charge in [0.2, 0.25) is 5.91 Å². The molecule has 0 spiro atoms. The van der Waals surface area contributed by atoms with Crippen molar-refractivity contribution in [3.8, 4) is 0 Å². The van der Waals surface area contributed by atoms with E-state index in [-0.39, 0.29) is 5.91 Å². The zero-order valence-corrected chi connectivity index (χ0v) is 15.5. The van der Waals surface area contributed by atoms with Gasteiger partial charge in [-0.05, 0) is 29.6 Å². The second-order valence-corrected chi connectivity index (χ2v) is 7.74. The first-order chi connectivity index (χ1) is 11.6. The van der Waals surface area contributed by atoms with Crippen molar-refractivity contribution >= 4 is 46.1 Å². The molecule has 1 N–H and O–H groups in total. The van der Waals surface area contributed by atoms with Crippen LogP contribution in [0.25, 0.3) is 0 Å². The maximum Gasteiger partial charge on any atom is 0.238 e. The average Bonchev–Trinajstić information content (AvgIpc) is 3.01. The Morgan fingerprint density at radius 1 is 1.08 bits per heavy atom. The van der Waals surface area contributed by atoms with Crippen molar-refractivity contribution < 1.29 is 4.79 Å². The number of carbonyl (C=O) groups excluding carboxylic acids is 1. The second-order valence-electron chi connectivity index (χ2n) is 5.84. The maximum absolute atomic E-state index is 12.2. The summed E-state index contributed by atoms with van der Waals surface area (Å²) in [5, 5.41) is 5.99. The highest BCUT2D eigenvalue weighted by molar-refractivity contribution is 7.09. The minimum absolute atomic E-state index is 0.0416. The van der Waals surface area contributed by atoms with Crippen LogP contribution in [0.5, 0.6) is 0 Å². The summed E-state index contributed by atoms with van der Waals surface area (Å²) in [6, 6.07) is 9.30. The molecule has 0 bridgehead atoms. The number of carbonyl (C=O) groups is 1. The first-order valence-electron chi connectivity index (χ1n) is 7.81. The molecule has 3 rings (SSSR count). The zero-order valence-electron chi connectivity index (χ0n) is 13.2. The number of thiophene rings is 1. The van der Waals surface area contributed by atoms with Crippen LogP contribution in [0.3, 0.4) is 0 Å². The third-order valence-electron chi connectivity index (χ3n) is 3.94. The number of rotatable bonds is 5. The summed E-state index contributed by atoms with van der Waals surface area (Å²) in [5.41, 5.74) is 0.633. The molecule has 0 atom stereocenters. The Morgan fingerprint density at radius 2 is 1.75 bits per heavy atom. The van der Waals surface area contributed by atoms with Gasteiger partial charge in [0.05, 0.1) is 6.54 Å². The van der Waals surface area contributed by atoms with Crippen LogP contribution in [0.4, 0.5) is 5.69 Å². The predicted molar refractivity (Wildman–Crippen MR) is 101 cm³/mol. The van der Waals surface area contributed by atoms with Gasteiger partial charge in [-0.1, -0.05) is 29.3 Å². The Balaban J connectivity index is 1.44. The van der Waals surface area contributed by atoms with Crippen LogP contribution in [-0.4, -0.2) is 48.4 Å². The number of anilines is 1. The normalized spacial score (nSPS) is 16.2. The van der Waals surface area contributed by atoms with Crippen molar-refractivity contribution in [2.75, 3.05) is 38.0 Å². The van der Waals surface area contributed by atoms with E-state index in [1.165, 1.54) is 4.88 Å². The molecule has 0 aliphatic carbocycles. The zero-order chi connectivity index (χ0) is 16.9. The van der Waals surface area contributed by atoms with Crippen LogP contribution in [0.1, 0.15) is 4.88 Å². The molecule has 128 valence electrons. The van der Waals surface area contributed by atoms with Gasteiger partial charge >= 0.3 is 0 Å². The van der Waals surface area contributed by atoms with Crippen molar-refractivity contribution in [2.45, 2.75) is 6.54 Å². The van der Waals surface area contributed by atoms with Crippen LogP contribution in [0, 0.1) is 0 Å². The highest BCUT2D eigenvalue weighted by atomic mass is 35.5. The Labute approximate surface area is 156 Å². The number of nitrogens with zero attached hydrogens (tertiary/aromatic N) is 2. The molecule has 1 aromatic heterocycles. The van der Waals surface area contributed by atoms with Crippen molar-refractivity contribution in [2.24, 2.45) is 0 Å². The quantitative estimate of drug-likeness (QED) is 0.852. The molecule has 1 amide bonds. The predicted octanol–water partition coefficient (Wildman–Crippen LogP) is 3.81. The van der Waals surface area contributed by atoms with Gasteiger partial charge < -0.3 is 5.32 Å². The second kappa shape index (κ2) is 8.32. The standard InChI is InChI=1S/C17H19Cl2N3OS/c18-13-8-14(19)10-15(9-13)20-17(23)12-22-5-3-21(4-6-22)11-16-2-1-7-24-16/h1-2,7-10H,3-6,11-12H2,(H,20,23). The van der Waals surface area contributed by atoms with Gasteiger partial charge in [-0.15, -0.1) is 11.3 Å². The van der Waals surface area contributed by atoms with Crippen LogP contribution in [0.2, 0.25) is 10.0 Å². The van der Waals surface area contributed by atoms with Gasteiger partial charge in [-0.2, -0.15) is 0 Å². The number of benzene rings is 1. The fourth-order valence-corrected chi connectivity index (χ4v) is 4.03. The van der Waals surface area contributed by atoms with Gasteiger partial charge in [0.1, 0.15) is 0 Å². The summed E-state index contributed by atoms with van der Waals surface area (Å²) in [4.78, 5) is 18.2. The van der Waals surface area contributed by atoms with E-state index >= 15 is 0 Å². The fraction of sp³-hybridized carbons (Fsp3) is 0.353. The molecule has 7 heteroatoms. The van der Waals surface area contributed by atoms with Crippen LogP contribution in [-0.2, 0) is 11.3 Å². The SMILES string of the molecule is O=C(CN1CCN(Cc2cccs2)CC1)Nc1cc(Cl)cc(Cl)c1. The van der Waals surface area contributed by atoms with Crippen LogP contribution in [0.15, 0.2) is 35.7 Å². The molecule has 0 radical (unpaired) electrons. The lowest BCUT2D eigenvalue weighted by Gasteiger charge is -2.34. The van der Waals surface area contributed by atoms with E-state index in [1.54, 1.807) is 29.5 Å². The number of nitrogens with one attached hydrogen (secondary N) is 1. The largest absolute Gasteiger partial charge is 0.325 e. The monoisotopic (exact) mass is 383 g/mol. The van der Waals surface area contributed by atoms with E-state index in [1.807, 2.05) is 0 Å². The Morgan fingerprint density at radius 3 is 2.38 bits per heavy atom. The van der Waals surface area contributed by atoms with E-state index in [2.05, 4.69) is 32.6 Å². The summed E-state index contributed by atoms with van der Waals surface area (Å²) in [5.74, 6) is -0.0416. The van der Waals surface area contributed by atoms with E-state index in [0.29, 0.717) is 22.3 Å². The first-order valence-corrected chi connectivity index (χ1v) is 9.45. The smallest absolute Gasteiger partial charge is 0.238 e. The first kappa shape index (κ1) is 17.7. The molecule has 1 saturated heterocycles. The number of halogens is 2. The lowest BCUT2D eigenvalue weighted by molar-refractivity contribution is -0.117. The number of piperazine rings is 1. The molecular formula is C17H19Cl2N3OS. The molecule has 2 aromatic rings. The maximum atomic E-state index is 12.2. The number of hydrogen-bond donors (Lipinski definition) is 1.